The van der Waals surface area contributed by atoms with Crippen molar-refractivity contribution in [1.29, 1.82) is 0 Å². The summed E-state index contributed by atoms with van der Waals surface area (Å²) in [6.45, 7) is 1.68. The van der Waals surface area contributed by atoms with Crippen LogP contribution >= 0.6 is 22.6 Å². The van der Waals surface area contributed by atoms with Gasteiger partial charge in [-0.05, 0) is 65.4 Å². The van der Waals surface area contributed by atoms with E-state index in [2.05, 4.69) is 22.6 Å². The molecule has 0 aromatic heterocycles. The number of hydrogen-bond donors (Lipinski definition) is 1. The number of hydrogen-bond acceptors (Lipinski definition) is 3. The van der Waals surface area contributed by atoms with Crippen LogP contribution in [0.2, 0.25) is 0 Å². The van der Waals surface area contributed by atoms with E-state index < -0.39 is 10.0 Å². The Morgan fingerprint density at radius 1 is 1.16 bits per heavy atom. The van der Waals surface area contributed by atoms with Crippen molar-refractivity contribution in [3.05, 3.63) is 51.6 Å². The van der Waals surface area contributed by atoms with E-state index in [1.165, 1.54) is 6.07 Å². The largest absolute Gasteiger partial charge is 0.456 e. The van der Waals surface area contributed by atoms with Gasteiger partial charge in [0.25, 0.3) is 0 Å². The van der Waals surface area contributed by atoms with Crippen molar-refractivity contribution < 1.29 is 13.2 Å². The van der Waals surface area contributed by atoms with Gasteiger partial charge in [0.2, 0.25) is 10.0 Å². The van der Waals surface area contributed by atoms with Crippen LogP contribution in [0, 0.1) is 10.5 Å². The van der Waals surface area contributed by atoms with Crippen LogP contribution < -0.4 is 9.88 Å². The third-order valence-corrected chi connectivity index (χ3v) is 4.48. The lowest BCUT2D eigenvalue weighted by molar-refractivity contribution is 0.478. The number of ether oxygens (including phenoxy) is 1. The molecule has 0 amide bonds. The predicted octanol–water partition coefficient (Wildman–Crippen LogP) is 3.04. The van der Waals surface area contributed by atoms with Crippen LogP contribution in [-0.2, 0) is 10.0 Å². The Balaban J connectivity index is 2.34. The molecule has 2 aromatic rings. The normalized spacial score (nSPS) is 11.3. The molecule has 0 saturated carbocycles. The van der Waals surface area contributed by atoms with Crippen LogP contribution in [0.15, 0.2) is 47.4 Å². The van der Waals surface area contributed by atoms with Crippen LogP contribution in [0.4, 0.5) is 0 Å². The molecule has 0 unspecified atom stereocenters. The average Bonchev–Trinajstić information content (AvgIpc) is 2.30. The fourth-order valence-corrected chi connectivity index (χ4v) is 2.92. The van der Waals surface area contributed by atoms with Crippen LogP contribution in [0.25, 0.3) is 0 Å². The second kappa shape index (κ2) is 5.48. The van der Waals surface area contributed by atoms with Gasteiger partial charge in [0.1, 0.15) is 11.5 Å². The molecule has 2 rings (SSSR count). The molecular formula is C13H12INO3S. The SMILES string of the molecule is Cc1cc(Oc2ccccc2I)ccc1S(N)(=O)=O. The number of rotatable bonds is 3. The maximum Gasteiger partial charge on any atom is 0.238 e. The monoisotopic (exact) mass is 389 g/mol. The minimum absolute atomic E-state index is 0.114. The first-order chi connectivity index (χ1) is 8.88. The minimum atomic E-state index is -3.69. The summed E-state index contributed by atoms with van der Waals surface area (Å²) in [4.78, 5) is 0.114. The van der Waals surface area contributed by atoms with Crippen molar-refractivity contribution in [3.8, 4) is 11.5 Å². The molecule has 0 atom stereocenters. The molecule has 0 aliphatic heterocycles. The second-order valence-corrected chi connectivity index (χ2v) is 6.70. The van der Waals surface area contributed by atoms with Gasteiger partial charge >= 0.3 is 0 Å². The quantitative estimate of drug-likeness (QED) is 0.821. The van der Waals surface area contributed by atoms with Crippen molar-refractivity contribution in [3.63, 3.8) is 0 Å². The first kappa shape index (κ1) is 14.3. The van der Waals surface area contributed by atoms with Crippen molar-refractivity contribution in [1.82, 2.24) is 0 Å². The van der Waals surface area contributed by atoms with Gasteiger partial charge in [0.15, 0.2) is 0 Å². The van der Waals surface area contributed by atoms with E-state index >= 15 is 0 Å². The molecule has 19 heavy (non-hydrogen) atoms. The van der Waals surface area contributed by atoms with E-state index in [0.717, 1.165) is 9.32 Å². The molecule has 0 aliphatic rings. The fraction of sp³-hybridized carbons (Fsp3) is 0.0769. The molecule has 6 heteroatoms. The molecule has 0 spiro atoms. The first-order valence-electron chi connectivity index (χ1n) is 5.44. The molecule has 2 aromatic carbocycles. The van der Waals surface area contributed by atoms with E-state index in [1.807, 2.05) is 24.3 Å². The van der Waals surface area contributed by atoms with Gasteiger partial charge in [-0.1, -0.05) is 12.1 Å². The topological polar surface area (TPSA) is 69.4 Å². The van der Waals surface area contributed by atoms with Crippen LogP contribution in [-0.4, -0.2) is 8.42 Å². The van der Waals surface area contributed by atoms with E-state index in [9.17, 15) is 8.42 Å². The van der Waals surface area contributed by atoms with E-state index in [4.69, 9.17) is 9.88 Å². The summed E-state index contributed by atoms with van der Waals surface area (Å²) in [7, 11) is -3.69. The molecule has 0 radical (unpaired) electrons. The van der Waals surface area contributed by atoms with E-state index in [0.29, 0.717) is 11.3 Å². The van der Waals surface area contributed by atoms with Gasteiger partial charge in [0, 0.05) is 0 Å². The average molecular weight is 389 g/mol. The highest BCUT2D eigenvalue weighted by Crippen LogP contribution is 2.28. The highest BCUT2D eigenvalue weighted by atomic mass is 127. The smallest absolute Gasteiger partial charge is 0.238 e. The molecule has 0 heterocycles. The van der Waals surface area contributed by atoms with Gasteiger partial charge in [-0.2, -0.15) is 0 Å². The lowest BCUT2D eigenvalue weighted by Crippen LogP contribution is -2.13. The zero-order valence-electron chi connectivity index (χ0n) is 10.1. The summed E-state index contributed by atoms with van der Waals surface area (Å²) in [5.41, 5.74) is 0.561. The number of halogens is 1. The van der Waals surface area contributed by atoms with Crippen molar-refractivity contribution in [2.75, 3.05) is 0 Å². The van der Waals surface area contributed by atoms with Crippen LogP contribution in [0.1, 0.15) is 5.56 Å². The Labute approximate surface area is 125 Å². The van der Waals surface area contributed by atoms with Gasteiger partial charge in [0.05, 0.1) is 8.47 Å². The van der Waals surface area contributed by atoms with Gasteiger partial charge in [-0.25, -0.2) is 13.6 Å². The van der Waals surface area contributed by atoms with Gasteiger partial charge in [-0.3, -0.25) is 0 Å². The number of aryl methyl sites for hydroxylation is 1. The zero-order valence-corrected chi connectivity index (χ0v) is 13.1. The Hall–Kier alpha value is -1.12. The summed E-state index contributed by atoms with van der Waals surface area (Å²) in [5.74, 6) is 1.31. The molecule has 100 valence electrons. The molecule has 4 nitrogen and oxygen atoms in total. The third kappa shape index (κ3) is 3.46. The summed E-state index contributed by atoms with van der Waals surface area (Å²) in [6, 6.07) is 12.3. The summed E-state index contributed by atoms with van der Waals surface area (Å²) < 4.78 is 29.3. The Kier molecular flexibility index (Phi) is 4.12. The number of primary sulfonamides is 1. The van der Waals surface area contributed by atoms with E-state index in [-0.39, 0.29) is 4.90 Å². The Bertz CT molecular complexity index is 714. The lowest BCUT2D eigenvalue weighted by Gasteiger charge is -2.10. The standard InChI is InChI=1S/C13H12INO3S/c1-9-8-10(6-7-13(9)19(15,16)17)18-12-5-3-2-4-11(12)14/h2-8H,1H3,(H2,15,16,17). The predicted molar refractivity (Wildman–Crippen MR) is 81.8 cm³/mol. The Morgan fingerprint density at radius 3 is 2.42 bits per heavy atom. The van der Waals surface area contributed by atoms with Crippen molar-refractivity contribution in [2.45, 2.75) is 11.8 Å². The summed E-state index contributed by atoms with van der Waals surface area (Å²) in [5, 5.41) is 5.11. The first-order valence-corrected chi connectivity index (χ1v) is 8.06. The maximum atomic E-state index is 11.3. The molecule has 0 aliphatic carbocycles. The van der Waals surface area contributed by atoms with Crippen LogP contribution in [0.3, 0.4) is 0 Å². The molecule has 2 N–H and O–H groups in total. The van der Waals surface area contributed by atoms with Crippen LogP contribution in [0.5, 0.6) is 11.5 Å². The molecule has 0 fully saturated rings. The number of sulfonamides is 1. The number of benzene rings is 2. The van der Waals surface area contributed by atoms with Gasteiger partial charge < -0.3 is 4.74 Å². The second-order valence-electron chi connectivity index (χ2n) is 4.00. The maximum absolute atomic E-state index is 11.3. The molecule has 0 saturated heterocycles. The number of para-hydroxylation sites is 1. The van der Waals surface area contributed by atoms with E-state index in [1.54, 1.807) is 19.1 Å². The minimum Gasteiger partial charge on any atom is -0.456 e. The number of nitrogens with two attached hydrogens (primary N) is 1. The van der Waals surface area contributed by atoms with Gasteiger partial charge in [-0.15, -0.1) is 0 Å². The molecular weight excluding hydrogens is 377 g/mol. The highest BCUT2D eigenvalue weighted by molar-refractivity contribution is 14.1. The lowest BCUT2D eigenvalue weighted by atomic mass is 10.2. The fourth-order valence-electron chi connectivity index (χ4n) is 1.66. The third-order valence-electron chi connectivity index (χ3n) is 2.52. The zero-order chi connectivity index (χ0) is 14.0. The summed E-state index contributed by atoms with van der Waals surface area (Å²) >= 11 is 2.17. The summed E-state index contributed by atoms with van der Waals surface area (Å²) in [6.07, 6.45) is 0. The van der Waals surface area contributed by atoms with Crippen molar-refractivity contribution >= 4 is 32.6 Å². The Morgan fingerprint density at radius 2 is 1.84 bits per heavy atom. The van der Waals surface area contributed by atoms with Crippen molar-refractivity contribution in [2.24, 2.45) is 5.14 Å². The highest BCUT2D eigenvalue weighted by Gasteiger charge is 2.12. The molecule has 0 bridgehead atoms.